The maximum atomic E-state index is 14.0. The Morgan fingerprint density at radius 1 is 0.861 bits per heavy atom. The van der Waals surface area contributed by atoms with Gasteiger partial charge in [0.1, 0.15) is 5.57 Å². The highest BCUT2D eigenvalue weighted by Gasteiger charge is 2.48. The molecule has 1 N–H and O–H groups in total. The third-order valence-corrected chi connectivity index (χ3v) is 6.36. The van der Waals surface area contributed by atoms with Crippen molar-refractivity contribution >= 4 is 40.4 Å². The van der Waals surface area contributed by atoms with Crippen LogP contribution in [0.5, 0.6) is 0 Å². The van der Waals surface area contributed by atoms with Gasteiger partial charge in [0.25, 0.3) is 17.2 Å². The molecule has 0 saturated carbocycles. The average molecular weight is 500 g/mol. The molecule has 0 fully saturated rings. The molecule has 0 bridgehead atoms. The first-order valence-electron chi connectivity index (χ1n) is 11.6. The summed E-state index contributed by atoms with van der Waals surface area (Å²) in [6.45, 7) is 5.75. The molecule has 1 aliphatic heterocycles. The maximum Gasteiger partial charge on any atom is 0.331 e. The number of hydrogen-bond acceptors (Lipinski definition) is 3. The van der Waals surface area contributed by atoms with E-state index in [1.54, 1.807) is 71.6 Å². The fraction of sp³-hybridized carbons (Fsp3) is 0.143. The number of nitrogens with zero attached hydrogens (tertiary/aromatic N) is 3. The molecule has 0 atom stereocenters. The molecule has 0 aliphatic carbocycles. The minimum atomic E-state index is -0.545. The highest BCUT2D eigenvalue weighted by atomic mass is 35.5. The topological polar surface area (TPSA) is 79.1 Å². The van der Waals surface area contributed by atoms with Crippen LogP contribution in [0.1, 0.15) is 36.6 Å². The number of carbonyl (C=O) groups excluding carboxylic acids is 2. The normalized spacial score (nSPS) is 13.9. The van der Waals surface area contributed by atoms with E-state index in [9.17, 15) is 14.4 Å². The predicted octanol–water partition coefficient (Wildman–Crippen LogP) is 4.48. The molecular formula is C28H24ClN4O3+. The first-order valence-corrected chi connectivity index (χ1v) is 11.9. The standard InChI is InChI=1S/C28H23ClN4O3/c1-17(2)24-22(27(35)33(30-24)21-13-11-19(29)12-14-21)23-25(31-15-7-8-18(3)16-31)28(36)32(26(23)34)20-9-5-4-6-10-20/h4-17H,1-3H3/p+1. The van der Waals surface area contributed by atoms with Crippen molar-refractivity contribution in [3.63, 3.8) is 0 Å². The lowest BCUT2D eigenvalue weighted by molar-refractivity contribution is -0.577. The third kappa shape index (κ3) is 3.87. The maximum absolute atomic E-state index is 14.0. The van der Waals surface area contributed by atoms with Gasteiger partial charge in [-0.3, -0.25) is 19.5 Å². The van der Waals surface area contributed by atoms with Crippen molar-refractivity contribution in [1.82, 2.24) is 9.78 Å². The Hall–Kier alpha value is -4.23. The van der Waals surface area contributed by atoms with E-state index in [-0.39, 0.29) is 22.8 Å². The second-order valence-electron chi connectivity index (χ2n) is 8.97. The van der Waals surface area contributed by atoms with Crippen LogP contribution in [0.2, 0.25) is 5.02 Å². The van der Waals surface area contributed by atoms with Crippen LogP contribution in [-0.2, 0) is 9.59 Å². The van der Waals surface area contributed by atoms with Gasteiger partial charge in [-0.05, 0) is 55.3 Å². The van der Waals surface area contributed by atoms with Crippen molar-refractivity contribution in [2.45, 2.75) is 26.7 Å². The number of hydrogen-bond donors (Lipinski definition) is 1. The van der Waals surface area contributed by atoms with Crippen LogP contribution in [0.4, 0.5) is 5.69 Å². The molecule has 2 amide bonds. The van der Waals surface area contributed by atoms with Crippen molar-refractivity contribution in [3.8, 4) is 5.69 Å². The highest BCUT2D eigenvalue weighted by Crippen LogP contribution is 2.35. The second-order valence-corrected chi connectivity index (χ2v) is 9.40. The molecule has 2 aromatic heterocycles. The molecule has 5 rings (SSSR count). The zero-order valence-electron chi connectivity index (χ0n) is 20.0. The first kappa shape index (κ1) is 23.5. The first-order chi connectivity index (χ1) is 17.3. The number of carbonyl (C=O) groups is 2. The Morgan fingerprint density at radius 3 is 2.19 bits per heavy atom. The van der Waals surface area contributed by atoms with Gasteiger partial charge in [0, 0.05) is 22.3 Å². The van der Waals surface area contributed by atoms with E-state index < -0.39 is 17.4 Å². The van der Waals surface area contributed by atoms with Gasteiger partial charge in [-0.15, -0.1) is 0 Å². The molecule has 0 unspecified atom stereocenters. The summed E-state index contributed by atoms with van der Waals surface area (Å²) >= 11 is 6.04. The molecule has 3 heterocycles. The van der Waals surface area contributed by atoms with Crippen LogP contribution in [0, 0.1) is 6.92 Å². The molecule has 0 radical (unpaired) electrons. The van der Waals surface area contributed by atoms with Gasteiger partial charge < -0.3 is 0 Å². The average Bonchev–Trinajstić information content (AvgIpc) is 3.33. The molecule has 0 saturated heterocycles. The Kier molecular flexibility index (Phi) is 5.94. The van der Waals surface area contributed by atoms with Crippen molar-refractivity contribution < 1.29 is 14.2 Å². The van der Waals surface area contributed by atoms with E-state index in [0.717, 1.165) is 10.5 Å². The summed E-state index contributed by atoms with van der Waals surface area (Å²) in [7, 11) is 0. The number of halogens is 1. The molecule has 7 nitrogen and oxygen atoms in total. The molecule has 4 aromatic rings. The number of amides is 2. The van der Waals surface area contributed by atoms with Gasteiger partial charge in [-0.1, -0.05) is 43.6 Å². The van der Waals surface area contributed by atoms with Crippen LogP contribution < -0.4 is 15.0 Å². The summed E-state index contributed by atoms with van der Waals surface area (Å²) < 4.78 is 3.01. The number of pyridine rings is 1. The lowest BCUT2D eigenvalue weighted by atomic mass is 9.98. The summed E-state index contributed by atoms with van der Waals surface area (Å²) in [4.78, 5) is 42.8. The van der Waals surface area contributed by atoms with E-state index in [2.05, 4.69) is 5.10 Å². The quantitative estimate of drug-likeness (QED) is 0.325. The van der Waals surface area contributed by atoms with Crippen molar-refractivity contribution in [1.29, 1.82) is 0 Å². The minimum Gasteiger partial charge on any atom is -0.294 e. The molecule has 180 valence electrons. The van der Waals surface area contributed by atoms with Gasteiger partial charge in [0.2, 0.25) is 0 Å². The number of aryl methyl sites for hydroxylation is 1. The Bertz CT molecular complexity index is 1580. The zero-order valence-corrected chi connectivity index (χ0v) is 20.8. The van der Waals surface area contributed by atoms with E-state index in [0.29, 0.717) is 22.1 Å². The molecule has 1 aliphatic rings. The van der Waals surface area contributed by atoms with Crippen molar-refractivity contribution in [3.05, 3.63) is 111 Å². The molecule has 36 heavy (non-hydrogen) atoms. The second kappa shape index (κ2) is 9.09. The number of aromatic nitrogens is 3. The van der Waals surface area contributed by atoms with Crippen LogP contribution in [0.25, 0.3) is 17.0 Å². The smallest absolute Gasteiger partial charge is 0.294 e. The van der Waals surface area contributed by atoms with E-state index >= 15 is 0 Å². The molecular weight excluding hydrogens is 476 g/mol. The summed E-state index contributed by atoms with van der Waals surface area (Å²) in [5, 5.41) is 3.71. The van der Waals surface area contributed by atoms with Crippen molar-refractivity contribution in [2.75, 3.05) is 4.90 Å². The monoisotopic (exact) mass is 499 g/mol. The van der Waals surface area contributed by atoms with Crippen LogP contribution >= 0.6 is 11.6 Å². The third-order valence-electron chi connectivity index (χ3n) is 6.11. The van der Waals surface area contributed by atoms with E-state index in [4.69, 9.17) is 11.6 Å². The number of anilines is 1. The largest absolute Gasteiger partial charge is 0.331 e. The van der Waals surface area contributed by atoms with Crippen LogP contribution in [0.15, 0.2) is 83.9 Å². The van der Waals surface area contributed by atoms with E-state index in [1.165, 1.54) is 4.68 Å². The fourth-order valence-electron chi connectivity index (χ4n) is 4.41. The zero-order chi connectivity index (χ0) is 25.6. The van der Waals surface area contributed by atoms with Crippen LogP contribution in [0.3, 0.4) is 0 Å². The Balaban J connectivity index is 1.81. The molecule has 0 spiro atoms. The summed E-state index contributed by atoms with van der Waals surface area (Å²) in [5.41, 5.74) is 2.43. The number of imide groups is 1. The number of H-pyrrole nitrogens is 1. The lowest BCUT2D eigenvalue weighted by Crippen LogP contribution is -2.39. The summed E-state index contributed by atoms with van der Waals surface area (Å²) in [6.07, 6.45) is 3.48. The number of nitrogens with one attached hydrogen (secondary N) is 1. The number of benzene rings is 2. The van der Waals surface area contributed by atoms with Gasteiger partial charge in [-0.2, -0.15) is 4.57 Å². The van der Waals surface area contributed by atoms with Gasteiger partial charge in [-0.25, -0.2) is 9.58 Å². The van der Waals surface area contributed by atoms with Gasteiger partial charge in [0.15, 0.2) is 12.4 Å². The fourth-order valence-corrected chi connectivity index (χ4v) is 4.54. The van der Waals surface area contributed by atoms with E-state index in [1.807, 2.05) is 32.9 Å². The Labute approximate surface area is 212 Å². The Morgan fingerprint density at radius 2 is 1.56 bits per heavy atom. The van der Waals surface area contributed by atoms with Gasteiger partial charge in [0.05, 0.1) is 16.9 Å². The minimum absolute atomic E-state index is 0.0668. The number of para-hydroxylation sites is 1. The highest BCUT2D eigenvalue weighted by molar-refractivity contribution is 6.53. The van der Waals surface area contributed by atoms with Crippen molar-refractivity contribution in [2.24, 2.45) is 0 Å². The SMILES string of the molecule is Cc1ccc[n+](C2=C(c3c(C(C)C)[nH]n(-c4ccc(Cl)cc4)c3=O)C(=O)N(c3ccccc3)C2=O)c1. The number of rotatable bonds is 5. The predicted molar refractivity (Wildman–Crippen MR) is 139 cm³/mol. The summed E-state index contributed by atoms with van der Waals surface area (Å²) in [5.74, 6) is -1.17. The molecule has 8 heteroatoms. The van der Waals surface area contributed by atoms with Crippen LogP contribution in [-0.4, -0.2) is 21.6 Å². The number of aromatic amines is 1. The molecule has 2 aromatic carbocycles. The summed E-state index contributed by atoms with van der Waals surface area (Å²) in [6, 6.07) is 19.2. The van der Waals surface area contributed by atoms with Gasteiger partial charge >= 0.3 is 5.91 Å². The lowest BCUT2D eigenvalue weighted by Gasteiger charge is -2.13.